The van der Waals surface area contributed by atoms with Crippen molar-refractivity contribution in [2.75, 3.05) is 6.61 Å². The molecule has 4 N–H and O–H groups in total. The Morgan fingerprint density at radius 1 is 1.32 bits per heavy atom. The molecule has 2 amide bonds. The Labute approximate surface area is 189 Å². The highest BCUT2D eigenvalue weighted by atomic mass is 35.5. The van der Waals surface area contributed by atoms with Gasteiger partial charge in [0.05, 0.1) is 21.9 Å². The summed E-state index contributed by atoms with van der Waals surface area (Å²) in [6.07, 6.45) is 2.96. The van der Waals surface area contributed by atoms with Crippen molar-refractivity contribution in [2.24, 2.45) is 0 Å². The van der Waals surface area contributed by atoms with Gasteiger partial charge >= 0.3 is 0 Å². The van der Waals surface area contributed by atoms with E-state index in [0.29, 0.717) is 38.1 Å². The van der Waals surface area contributed by atoms with Gasteiger partial charge in [-0.05, 0) is 57.6 Å². The van der Waals surface area contributed by atoms with Crippen LogP contribution in [0.25, 0.3) is 0 Å². The van der Waals surface area contributed by atoms with E-state index in [1.165, 1.54) is 24.1 Å². The number of amides is 2. The molecule has 3 saturated carbocycles. The number of nitrogens with one attached hydrogen (secondary N) is 3. The largest absolute Gasteiger partial charge is 0.484 e. The molecule has 3 unspecified atom stereocenters. The van der Waals surface area contributed by atoms with Crippen molar-refractivity contribution in [2.45, 2.75) is 73.9 Å². The Balaban J connectivity index is 1.31. The van der Waals surface area contributed by atoms with E-state index >= 15 is 0 Å². The molecule has 2 bridgehead atoms. The van der Waals surface area contributed by atoms with Crippen LogP contribution in [0, 0.1) is 5.82 Å². The van der Waals surface area contributed by atoms with Crippen LogP contribution in [0.2, 0.25) is 5.02 Å². The van der Waals surface area contributed by atoms with Gasteiger partial charge in [0.25, 0.3) is 5.91 Å². The number of ether oxygens (including phenoxy) is 1. The van der Waals surface area contributed by atoms with E-state index in [0.717, 1.165) is 12.5 Å². The van der Waals surface area contributed by atoms with Gasteiger partial charge in [-0.1, -0.05) is 23.5 Å². The van der Waals surface area contributed by atoms with Crippen molar-refractivity contribution in [1.29, 1.82) is 0 Å². The number of fused-ring (bicyclic) bond motifs is 3. The first-order valence-electron chi connectivity index (χ1n) is 10.5. The summed E-state index contributed by atoms with van der Waals surface area (Å²) in [6.45, 7) is 1.76. The molecule has 1 aliphatic heterocycles. The van der Waals surface area contributed by atoms with E-state index in [-0.39, 0.29) is 34.4 Å². The molecule has 1 aromatic rings. The molecular weight excluding hydrogens is 445 g/mol. The van der Waals surface area contributed by atoms with Crippen molar-refractivity contribution >= 4 is 35.4 Å². The standard InChI is InChI=1S/C21H27ClFN3O4S/c1-12-8-16(31-26-12)19(29)25-20-4-6-21(7-5-20,17(27)10-20)24-18(28)11-30-13-2-3-14(22)15(23)9-13/h2-3,9,12,16-17,26-27H,4-8,10-11H2,1H3,(H,24,28)(H,25,29). The van der Waals surface area contributed by atoms with E-state index in [4.69, 9.17) is 16.3 Å². The minimum atomic E-state index is -0.763. The van der Waals surface area contributed by atoms with Crippen molar-refractivity contribution in [1.82, 2.24) is 15.4 Å². The van der Waals surface area contributed by atoms with Gasteiger partial charge in [0.1, 0.15) is 11.6 Å². The lowest BCUT2D eigenvalue weighted by Gasteiger charge is -2.56. The van der Waals surface area contributed by atoms with Crippen molar-refractivity contribution in [3.8, 4) is 5.75 Å². The average Bonchev–Trinajstić information content (AvgIpc) is 3.17. The van der Waals surface area contributed by atoms with Crippen LogP contribution in [0.4, 0.5) is 4.39 Å². The molecule has 10 heteroatoms. The fourth-order valence-corrected chi connectivity index (χ4v) is 5.97. The zero-order valence-corrected chi connectivity index (χ0v) is 18.8. The summed E-state index contributed by atoms with van der Waals surface area (Å²) >= 11 is 7.10. The average molecular weight is 472 g/mol. The molecule has 5 rings (SSSR count). The first-order chi connectivity index (χ1) is 14.7. The highest BCUT2D eigenvalue weighted by Gasteiger charge is 2.55. The van der Waals surface area contributed by atoms with Crippen LogP contribution in [0.3, 0.4) is 0 Å². The smallest absolute Gasteiger partial charge is 0.258 e. The van der Waals surface area contributed by atoms with Crippen molar-refractivity contribution in [3.05, 3.63) is 29.0 Å². The second-order valence-electron chi connectivity index (χ2n) is 8.92. The predicted octanol–water partition coefficient (Wildman–Crippen LogP) is 2.31. The maximum absolute atomic E-state index is 13.5. The summed E-state index contributed by atoms with van der Waals surface area (Å²) in [5.41, 5.74) is -1.15. The van der Waals surface area contributed by atoms with Crippen LogP contribution in [-0.4, -0.2) is 52.0 Å². The number of carbonyl (C=O) groups excluding carboxylic acids is 2. The molecule has 4 aliphatic rings. The fourth-order valence-electron chi connectivity index (χ4n) is 4.81. The minimum absolute atomic E-state index is 0.0103. The normalized spacial score (nSPS) is 34.4. The van der Waals surface area contributed by atoms with E-state index in [1.807, 2.05) is 6.92 Å². The molecule has 4 fully saturated rings. The van der Waals surface area contributed by atoms with Gasteiger partial charge in [-0.2, -0.15) is 0 Å². The van der Waals surface area contributed by atoms with Crippen LogP contribution in [0.1, 0.15) is 45.4 Å². The first-order valence-corrected chi connectivity index (χ1v) is 11.8. The molecule has 1 saturated heterocycles. The van der Waals surface area contributed by atoms with Crippen LogP contribution in [-0.2, 0) is 9.59 Å². The number of benzene rings is 1. The highest BCUT2D eigenvalue weighted by molar-refractivity contribution is 7.99. The lowest BCUT2D eigenvalue weighted by molar-refractivity contribution is -0.136. The van der Waals surface area contributed by atoms with Gasteiger partial charge < -0.3 is 20.5 Å². The number of halogens is 2. The Morgan fingerprint density at radius 3 is 2.68 bits per heavy atom. The fraction of sp³-hybridized carbons (Fsp3) is 0.619. The number of aliphatic hydroxyl groups is 1. The lowest BCUT2D eigenvalue weighted by atomic mass is 9.60. The van der Waals surface area contributed by atoms with Crippen LogP contribution >= 0.6 is 23.5 Å². The van der Waals surface area contributed by atoms with Gasteiger partial charge in [0.15, 0.2) is 6.61 Å². The SMILES string of the molecule is CC1CC(C(=O)NC23CCC(NC(=O)COc4ccc(Cl)c(F)c4)(CC2)C(O)C3)SN1. The molecule has 0 aromatic heterocycles. The number of rotatable bonds is 6. The Morgan fingerprint density at radius 2 is 2.06 bits per heavy atom. The maximum Gasteiger partial charge on any atom is 0.258 e. The number of carbonyl (C=O) groups is 2. The zero-order valence-electron chi connectivity index (χ0n) is 17.2. The first kappa shape index (κ1) is 22.6. The van der Waals surface area contributed by atoms with E-state index in [2.05, 4.69) is 15.4 Å². The maximum atomic E-state index is 13.5. The Bertz CT molecular complexity index is 865. The van der Waals surface area contributed by atoms with Gasteiger partial charge in [0.2, 0.25) is 5.91 Å². The molecular formula is C21H27ClFN3O4S. The van der Waals surface area contributed by atoms with Gasteiger partial charge in [-0.25, -0.2) is 4.39 Å². The zero-order chi connectivity index (χ0) is 22.2. The van der Waals surface area contributed by atoms with E-state index in [1.54, 1.807) is 0 Å². The third-order valence-corrected chi connectivity index (χ3v) is 8.17. The molecule has 0 spiro atoms. The third kappa shape index (κ3) is 4.79. The van der Waals surface area contributed by atoms with Gasteiger partial charge in [-0.15, -0.1) is 0 Å². The molecule has 1 aromatic carbocycles. The number of hydrogen-bond acceptors (Lipinski definition) is 6. The second-order valence-corrected chi connectivity index (χ2v) is 10.4. The summed E-state index contributed by atoms with van der Waals surface area (Å²) < 4.78 is 22.1. The molecule has 0 radical (unpaired) electrons. The van der Waals surface area contributed by atoms with E-state index < -0.39 is 23.0 Å². The Kier molecular flexibility index (Phi) is 6.40. The molecule has 170 valence electrons. The van der Waals surface area contributed by atoms with Crippen molar-refractivity contribution in [3.63, 3.8) is 0 Å². The predicted molar refractivity (Wildman–Crippen MR) is 116 cm³/mol. The highest BCUT2D eigenvalue weighted by Crippen LogP contribution is 2.47. The second kappa shape index (κ2) is 8.77. The summed E-state index contributed by atoms with van der Waals surface area (Å²) in [5.74, 6) is -0.781. The third-order valence-electron chi connectivity index (χ3n) is 6.63. The van der Waals surface area contributed by atoms with E-state index in [9.17, 15) is 19.1 Å². The summed E-state index contributed by atoms with van der Waals surface area (Å²) in [4.78, 5) is 25.2. The van der Waals surface area contributed by atoms with Gasteiger partial charge in [-0.3, -0.25) is 14.3 Å². The summed E-state index contributed by atoms with van der Waals surface area (Å²) in [6, 6.07) is 4.28. The number of aliphatic hydroxyl groups excluding tert-OH is 1. The van der Waals surface area contributed by atoms with Crippen molar-refractivity contribution < 1.29 is 23.8 Å². The number of hydrogen-bond donors (Lipinski definition) is 4. The van der Waals surface area contributed by atoms with Gasteiger partial charge in [0, 0.05) is 17.6 Å². The van der Waals surface area contributed by atoms with Crippen LogP contribution in [0.15, 0.2) is 18.2 Å². The van der Waals surface area contributed by atoms with Crippen LogP contribution < -0.4 is 20.1 Å². The quantitative estimate of drug-likeness (QED) is 0.475. The summed E-state index contributed by atoms with van der Waals surface area (Å²) in [5, 5.41) is 16.8. The monoisotopic (exact) mass is 471 g/mol. The minimum Gasteiger partial charge on any atom is -0.484 e. The topological polar surface area (TPSA) is 99.7 Å². The Hall–Kier alpha value is -1.55. The summed E-state index contributed by atoms with van der Waals surface area (Å²) in [7, 11) is 0. The molecule has 3 aliphatic carbocycles. The molecule has 3 atom stereocenters. The molecule has 31 heavy (non-hydrogen) atoms. The van der Waals surface area contributed by atoms with Crippen LogP contribution in [0.5, 0.6) is 5.75 Å². The molecule has 7 nitrogen and oxygen atoms in total. The lowest BCUT2D eigenvalue weighted by Crippen LogP contribution is -2.70. The molecule has 1 heterocycles.